The van der Waals surface area contributed by atoms with Crippen molar-refractivity contribution in [2.45, 2.75) is 26.5 Å². The fraction of sp³-hybridized carbons (Fsp3) is 0.353. The molecule has 7 nitrogen and oxygen atoms in total. The Hall–Kier alpha value is -2.62. The first-order chi connectivity index (χ1) is 12.3. The van der Waals surface area contributed by atoms with Crippen LogP contribution in [0.1, 0.15) is 25.2 Å². The number of rotatable bonds is 3. The van der Waals surface area contributed by atoms with E-state index < -0.39 is 17.2 Å². The van der Waals surface area contributed by atoms with Gasteiger partial charge in [0.2, 0.25) is 5.91 Å². The molecular formula is C17H15N5O2S2. The van der Waals surface area contributed by atoms with E-state index in [2.05, 4.69) is 16.4 Å². The largest absolute Gasteiger partial charge is 0.319 e. The highest BCUT2D eigenvalue weighted by atomic mass is 32.2. The third-order valence-corrected chi connectivity index (χ3v) is 6.30. The normalized spacial score (nSPS) is 19.1. The number of allylic oxidation sites excluding steroid dienone is 1. The molecule has 1 aliphatic rings. The number of nitrogens with one attached hydrogen (secondary N) is 1. The lowest BCUT2D eigenvalue weighted by Crippen LogP contribution is -2.44. The molecule has 1 atom stereocenters. The zero-order chi connectivity index (χ0) is 19.1. The van der Waals surface area contributed by atoms with Crippen LogP contribution in [0.3, 0.4) is 0 Å². The van der Waals surface area contributed by atoms with Crippen LogP contribution >= 0.6 is 23.1 Å². The van der Waals surface area contributed by atoms with Crippen molar-refractivity contribution in [3.63, 3.8) is 0 Å². The molecule has 0 unspecified atom stereocenters. The second kappa shape index (κ2) is 6.60. The van der Waals surface area contributed by atoms with Crippen molar-refractivity contribution in [1.82, 2.24) is 14.7 Å². The second-order valence-corrected chi connectivity index (χ2v) is 8.28. The van der Waals surface area contributed by atoms with Gasteiger partial charge in [0.1, 0.15) is 5.92 Å². The van der Waals surface area contributed by atoms with Crippen LogP contribution in [-0.2, 0) is 10.5 Å². The predicted octanol–water partition coefficient (Wildman–Crippen LogP) is 2.33. The minimum Gasteiger partial charge on any atom is -0.319 e. The number of aryl methyl sites for hydroxylation is 1. The molecule has 26 heavy (non-hydrogen) atoms. The molecule has 2 aromatic rings. The lowest BCUT2D eigenvalue weighted by molar-refractivity contribution is -0.125. The van der Waals surface area contributed by atoms with E-state index in [4.69, 9.17) is 0 Å². The number of hydrogen-bond donors (Lipinski definition) is 1. The standard InChI is InChI=1S/C17H15N5O2S2/c1-9-7-26-16-20-10(4-13(23)22(9)16)8-25-15-12(6-19)17(2,3)11(5-18)14(24)21-15/h4,7,11H,8H2,1-3H3,(H,21,24)/t11-/m1/s1. The Morgan fingerprint density at radius 3 is 2.81 bits per heavy atom. The molecule has 1 aliphatic heterocycles. The summed E-state index contributed by atoms with van der Waals surface area (Å²) in [7, 11) is 0. The van der Waals surface area contributed by atoms with Gasteiger partial charge in [-0.1, -0.05) is 13.8 Å². The van der Waals surface area contributed by atoms with E-state index in [1.54, 1.807) is 18.2 Å². The fourth-order valence-corrected chi connectivity index (χ4v) is 4.81. The maximum Gasteiger partial charge on any atom is 0.258 e. The molecule has 132 valence electrons. The van der Waals surface area contributed by atoms with Gasteiger partial charge in [0.25, 0.3) is 5.56 Å². The zero-order valence-electron chi connectivity index (χ0n) is 14.4. The lowest BCUT2D eigenvalue weighted by atomic mass is 9.72. The summed E-state index contributed by atoms with van der Waals surface area (Å²) in [5.41, 5.74) is 0.728. The van der Waals surface area contributed by atoms with Crippen LogP contribution in [0.2, 0.25) is 0 Å². The van der Waals surface area contributed by atoms with E-state index in [1.807, 2.05) is 18.4 Å². The van der Waals surface area contributed by atoms with Crippen LogP contribution in [0.5, 0.6) is 0 Å². The van der Waals surface area contributed by atoms with Crippen molar-refractivity contribution < 1.29 is 4.79 Å². The fourth-order valence-electron chi connectivity index (χ4n) is 2.86. The van der Waals surface area contributed by atoms with Crippen LogP contribution < -0.4 is 10.9 Å². The summed E-state index contributed by atoms with van der Waals surface area (Å²) in [5, 5.41) is 23.7. The molecule has 0 saturated carbocycles. The number of aromatic nitrogens is 2. The SMILES string of the molecule is Cc1csc2nc(CSC3=C(C#N)C(C)(C)[C@H](C#N)C(=O)N3)cc(=O)n12. The summed E-state index contributed by atoms with van der Waals surface area (Å²) in [6.45, 7) is 5.27. The highest BCUT2D eigenvalue weighted by molar-refractivity contribution is 8.02. The molecule has 0 aromatic carbocycles. The van der Waals surface area contributed by atoms with Gasteiger partial charge in [-0.05, 0) is 6.92 Å². The first-order valence-corrected chi connectivity index (χ1v) is 9.61. The highest BCUT2D eigenvalue weighted by Gasteiger charge is 2.44. The molecule has 0 bridgehead atoms. The van der Waals surface area contributed by atoms with Crippen molar-refractivity contribution in [2.75, 3.05) is 0 Å². The number of amides is 1. The van der Waals surface area contributed by atoms with Crippen molar-refractivity contribution >= 4 is 34.0 Å². The molecule has 0 aliphatic carbocycles. The second-order valence-electron chi connectivity index (χ2n) is 6.46. The molecule has 3 heterocycles. The van der Waals surface area contributed by atoms with Crippen molar-refractivity contribution in [3.8, 4) is 12.1 Å². The number of thiazole rings is 1. The Bertz CT molecular complexity index is 1080. The molecular weight excluding hydrogens is 370 g/mol. The molecule has 1 N–H and O–H groups in total. The first kappa shape index (κ1) is 18.2. The van der Waals surface area contributed by atoms with Gasteiger partial charge in [-0.2, -0.15) is 10.5 Å². The number of thioether (sulfide) groups is 1. The van der Waals surface area contributed by atoms with Gasteiger partial charge in [-0.3, -0.25) is 14.0 Å². The Morgan fingerprint density at radius 2 is 2.15 bits per heavy atom. The summed E-state index contributed by atoms with van der Waals surface area (Å²) in [5.74, 6) is -1.01. The van der Waals surface area contributed by atoms with E-state index >= 15 is 0 Å². The van der Waals surface area contributed by atoms with Gasteiger partial charge in [0.15, 0.2) is 4.96 Å². The van der Waals surface area contributed by atoms with Crippen molar-refractivity contribution in [2.24, 2.45) is 11.3 Å². The maximum absolute atomic E-state index is 12.2. The third kappa shape index (κ3) is 2.90. The molecule has 3 rings (SSSR count). The first-order valence-electron chi connectivity index (χ1n) is 7.74. The zero-order valence-corrected chi connectivity index (χ0v) is 16.0. The summed E-state index contributed by atoms with van der Waals surface area (Å²) in [6.07, 6.45) is 0. The number of fused-ring (bicyclic) bond motifs is 1. The molecule has 1 amide bonds. The summed E-state index contributed by atoms with van der Waals surface area (Å²) in [4.78, 5) is 29.5. The van der Waals surface area contributed by atoms with Gasteiger partial charge < -0.3 is 5.32 Å². The quantitative estimate of drug-likeness (QED) is 0.868. The topological polar surface area (TPSA) is 111 Å². The van der Waals surface area contributed by atoms with Crippen LogP contribution in [0.25, 0.3) is 4.96 Å². The van der Waals surface area contributed by atoms with Crippen molar-refractivity contribution in [1.29, 1.82) is 10.5 Å². The summed E-state index contributed by atoms with van der Waals surface area (Å²) in [6, 6.07) is 5.55. The van der Waals surface area contributed by atoms with Gasteiger partial charge in [-0.15, -0.1) is 23.1 Å². The average molecular weight is 385 g/mol. The Balaban J connectivity index is 1.93. The van der Waals surface area contributed by atoms with E-state index in [0.29, 0.717) is 27.0 Å². The van der Waals surface area contributed by atoms with Gasteiger partial charge in [0, 0.05) is 28.3 Å². The molecule has 0 spiro atoms. The third-order valence-electron chi connectivity index (χ3n) is 4.33. The van der Waals surface area contributed by atoms with E-state index in [9.17, 15) is 20.1 Å². The monoisotopic (exact) mass is 385 g/mol. The van der Waals surface area contributed by atoms with Crippen LogP contribution in [0, 0.1) is 40.9 Å². The Kier molecular flexibility index (Phi) is 4.61. The minimum atomic E-state index is -0.922. The average Bonchev–Trinajstić information content (AvgIpc) is 2.94. The molecule has 9 heteroatoms. The van der Waals surface area contributed by atoms with Gasteiger partial charge >= 0.3 is 0 Å². The maximum atomic E-state index is 12.2. The van der Waals surface area contributed by atoms with Crippen LogP contribution in [-0.4, -0.2) is 15.3 Å². The Labute approximate surface area is 158 Å². The smallest absolute Gasteiger partial charge is 0.258 e. The lowest BCUT2D eigenvalue weighted by Gasteiger charge is -2.34. The number of nitrogens with zero attached hydrogens (tertiary/aromatic N) is 4. The molecule has 0 saturated heterocycles. The molecule has 2 aromatic heterocycles. The van der Waals surface area contributed by atoms with Gasteiger partial charge in [0.05, 0.1) is 28.4 Å². The number of carbonyl (C=O) groups is 1. The number of carbonyl (C=O) groups excluding carboxylic acids is 1. The van der Waals surface area contributed by atoms with Crippen molar-refractivity contribution in [3.05, 3.63) is 43.8 Å². The Morgan fingerprint density at radius 1 is 1.42 bits per heavy atom. The van der Waals surface area contributed by atoms with E-state index in [-0.39, 0.29) is 5.56 Å². The number of hydrogen-bond acceptors (Lipinski definition) is 7. The number of nitriles is 2. The summed E-state index contributed by atoms with van der Waals surface area (Å²) < 4.78 is 1.54. The van der Waals surface area contributed by atoms with E-state index in [0.717, 1.165) is 5.69 Å². The summed E-state index contributed by atoms with van der Waals surface area (Å²) >= 11 is 2.62. The molecule has 0 radical (unpaired) electrons. The van der Waals surface area contributed by atoms with Crippen LogP contribution in [0.15, 0.2) is 26.8 Å². The molecule has 0 fully saturated rings. The van der Waals surface area contributed by atoms with Crippen LogP contribution in [0.4, 0.5) is 0 Å². The van der Waals surface area contributed by atoms with Gasteiger partial charge in [-0.25, -0.2) is 4.98 Å². The van der Waals surface area contributed by atoms with E-state index in [1.165, 1.54) is 29.2 Å². The minimum absolute atomic E-state index is 0.156. The predicted molar refractivity (Wildman–Crippen MR) is 99.0 cm³/mol. The highest BCUT2D eigenvalue weighted by Crippen LogP contribution is 2.42.